The van der Waals surface area contributed by atoms with Crippen molar-refractivity contribution in [1.29, 1.82) is 0 Å². The highest BCUT2D eigenvalue weighted by Gasteiger charge is 2.28. The normalized spacial score (nSPS) is 14.3. The van der Waals surface area contributed by atoms with E-state index in [1.54, 1.807) is 11.3 Å². The van der Waals surface area contributed by atoms with Crippen LogP contribution in [0.15, 0.2) is 47.8 Å². The fourth-order valence-electron chi connectivity index (χ4n) is 2.14. The van der Waals surface area contributed by atoms with Crippen LogP contribution in [-0.2, 0) is 4.79 Å². The molecule has 19 heavy (non-hydrogen) atoms. The van der Waals surface area contributed by atoms with Crippen molar-refractivity contribution < 1.29 is 9.90 Å². The minimum atomic E-state index is -0.822. The van der Waals surface area contributed by atoms with E-state index in [9.17, 15) is 9.90 Å². The van der Waals surface area contributed by atoms with E-state index in [-0.39, 0.29) is 6.04 Å². The highest BCUT2D eigenvalue weighted by Crippen LogP contribution is 2.31. The summed E-state index contributed by atoms with van der Waals surface area (Å²) in [7, 11) is 1.86. The van der Waals surface area contributed by atoms with Crippen LogP contribution >= 0.6 is 11.3 Å². The molecule has 1 heterocycles. The SMILES string of the molecule is CC(c1cccs1)N(C)C(C(=O)O)c1ccccc1. The van der Waals surface area contributed by atoms with Crippen molar-refractivity contribution in [1.82, 2.24) is 4.90 Å². The number of carboxylic acids is 1. The second-order valence-corrected chi connectivity index (χ2v) is 5.49. The monoisotopic (exact) mass is 275 g/mol. The second-order valence-electron chi connectivity index (χ2n) is 4.51. The zero-order chi connectivity index (χ0) is 13.8. The van der Waals surface area contributed by atoms with E-state index in [0.29, 0.717) is 0 Å². The number of hydrogen-bond acceptors (Lipinski definition) is 3. The Balaban J connectivity index is 2.27. The number of benzene rings is 1. The lowest BCUT2D eigenvalue weighted by molar-refractivity contribution is -0.143. The molecule has 0 saturated heterocycles. The molecular weight excluding hydrogens is 258 g/mol. The molecule has 0 aliphatic rings. The zero-order valence-corrected chi connectivity index (χ0v) is 11.8. The summed E-state index contributed by atoms with van der Waals surface area (Å²) < 4.78 is 0. The average Bonchev–Trinajstić information content (AvgIpc) is 2.92. The number of likely N-dealkylation sites (N-methyl/N-ethyl adjacent to an activating group) is 1. The summed E-state index contributed by atoms with van der Waals surface area (Å²) >= 11 is 1.65. The van der Waals surface area contributed by atoms with Gasteiger partial charge in [-0.15, -0.1) is 11.3 Å². The van der Waals surface area contributed by atoms with E-state index in [1.807, 2.05) is 66.7 Å². The third kappa shape index (κ3) is 3.03. The Morgan fingerprint density at radius 3 is 2.42 bits per heavy atom. The third-order valence-electron chi connectivity index (χ3n) is 3.32. The largest absolute Gasteiger partial charge is 0.480 e. The lowest BCUT2D eigenvalue weighted by Gasteiger charge is -2.30. The van der Waals surface area contributed by atoms with Crippen LogP contribution < -0.4 is 0 Å². The average molecular weight is 275 g/mol. The van der Waals surface area contributed by atoms with Crippen LogP contribution in [0.2, 0.25) is 0 Å². The molecule has 2 rings (SSSR count). The van der Waals surface area contributed by atoms with Crippen molar-refractivity contribution >= 4 is 17.3 Å². The van der Waals surface area contributed by atoms with Gasteiger partial charge in [0, 0.05) is 10.9 Å². The van der Waals surface area contributed by atoms with Gasteiger partial charge >= 0.3 is 5.97 Å². The van der Waals surface area contributed by atoms with E-state index >= 15 is 0 Å². The lowest BCUT2D eigenvalue weighted by Crippen LogP contribution is -2.32. The molecule has 0 saturated carbocycles. The summed E-state index contributed by atoms with van der Waals surface area (Å²) in [5.41, 5.74) is 0.806. The van der Waals surface area contributed by atoms with E-state index in [4.69, 9.17) is 0 Å². The Hall–Kier alpha value is -1.65. The first-order valence-electron chi connectivity index (χ1n) is 6.14. The molecule has 1 aromatic carbocycles. The van der Waals surface area contributed by atoms with Crippen molar-refractivity contribution in [3.05, 3.63) is 58.3 Å². The van der Waals surface area contributed by atoms with Gasteiger partial charge in [0.1, 0.15) is 6.04 Å². The molecule has 0 aliphatic heterocycles. The van der Waals surface area contributed by atoms with Gasteiger partial charge in [-0.05, 0) is 31.0 Å². The maximum absolute atomic E-state index is 11.6. The molecule has 0 bridgehead atoms. The Bertz CT molecular complexity index is 524. The molecular formula is C15H17NO2S. The second kappa shape index (κ2) is 5.99. The maximum Gasteiger partial charge on any atom is 0.325 e. The predicted molar refractivity (Wildman–Crippen MR) is 77.3 cm³/mol. The van der Waals surface area contributed by atoms with Gasteiger partial charge in [0.25, 0.3) is 0 Å². The van der Waals surface area contributed by atoms with Crippen LogP contribution in [0.5, 0.6) is 0 Å². The Morgan fingerprint density at radius 1 is 1.21 bits per heavy atom. The molecule has 4 heteroatoms. The van der Waals surface area contributed by atoms with Crippen molar-refractivity contribution in [3.8, 4) is 0 Å². The van der Waals surface area contributed by atoms with Gasteiger partial charge in [-0.1, -0.05) is 36.4 Å². The fraction of sp³-hybridized carbons (Fsp3) is 0.267. The van der Waals surface area contributed by atoms with E-state index in [0.717, 1.165) is 5.56 Å². The molecule has 1 N–H and O–H groups in total. The fourth-order valence-corrected chi connectivity index (χ4v) is 2.98. The summed E-state index contributed by atoms with van der Waals surface area (Å²) in [6.45, 7) is 2.03. The van der Waals surface area contributed by atoms with Crippen molar-refractivity contribution in [2.75, 3.05) is 7.05 Å². The number of hydrogen-bond donors (Lipinski definition) is 1. The Labute approximate surface area is 117 Å². The van der Waals surface area contributed by atoms with Crippen LogP contribution in [0.1, 0.15) is 29.4 Å². The molecule has 0 fully saturated rings. The molecule has 0 spiro atoms. The van der Waals surface area contributed by atoms with Gasteiger partial charge in [-0.25, -0.2) is 0 Å². The van der Waals surface area contributed by atoms with Gasteiger partial charge in [0.15, 0.2) is 0 Å². The molecule has 1 aromatic heterocycles. The molecule has 2 unspecified atom stereocenters. The Kier molecular flexibility index (Phi) is 4.35. The van der Waals surface area contributed by atoms with Crippen LogP contribution in [-0.4, -0.2) is 23.0 Å². The smallest absolute Gasteiger partial charge is 0.325 e. The topological polar surface area (TPSA) is 40.5 Å². The maximum atomic E-state index is 11.6. The lowest BCUT2D eigenvalue weighted by atomic mass is 10.0. The predicted octanol–water partition coefficient (Wildman–Crippen LogP) is 3.57. The van der Waals surface area contributed by atoms with E-state index in [2.05, 4.69) is 0 Å². The van der Waals surface area contributed by atoms with Gasteiger partial charge < -0.3 is 5.11 Å². The quantitative estimate of drug-likeness (QED) is 0.907. The van der Waals surface area contributed by atoms with Crippen molar-refractivity contribution in [2.24, 2.45) is 0 Å². The van der Waals surface area contributed by atoms with Gasteiger partial charge in [-0.2, -0.15) is 0 Å². The number of thiophene rings is 1. The van der Waals surface area contributed by atoms with Crippen LogP contribution in [0.4, 0.5) is 0 Å². The molecule has 0 amide bonds. The first-order chi connectivity index (χ1) is 9.11. The first kappa shape index (κ1) is 13.8. The summed E-state index contributed by atoms with van der Waals surface area (Å²) in [6, 6.07) is 12.8. The Morgan fingerprint density at radius 2 is 1.89 bits per heavy atom. The van der Waals surface area contributed by atoms with E-state index in [1.165, 1.54) is 4.88 Å². The van der Waals surface area contributed by atoms with Crippen molar-refractivity contribution in [2.45, 2.75) is 19.0 Å². The molecule has 2 aromatic rings. The van der Waals surface area contributed by atoms with Crippen LogP contribution in [0.25, 0.3) is 0 Å². The molecule has 2 atom stereocenters. The van der Waals surface area contributed by atoms with Gasteiger partial charge in [0.05, 0.1) is 0 Å². The highest BCUT2D eigenvalue weighted by molar-refractivity contribution is 7.10. The molecule has 3 nitrogen and oxygen atoms in total. The third-order valence-corrected chi connectivity index (χ3v) is 4.36. The van der Waals surface area contributed by atoms with Crippen molar-refractivity contribution in [3.63, 3.8) is 0 Å². The number of aliphatic carboxylic acids is 1. The molecule has 100 valence electrons. The zero-order valence-electron chi connectivity index (χ0n) is 11.0. The number of carbonyl (C=O) groups is 1. The minimum Gasteiger partial charge on any atom is -0.480 e. The van der Waals surface area contributed by atoms with Crippen LogP contribution in [0, 0.1) is 0 Å². The van der Waals surface area contributed by atoms with E-state index < -0.39 is 12.0 Å². The standard InChI is InChI=1S/C15H17NO2S/c1-11(13-9-6-10-19-13)16(2)14(15(17)18)12-7-4-3-5-8-12/h3-11,14H,1-2H3,(H,17,18). The summed E-state index contributed by atoms with van der Waals surface area (Å²) in [4.78, 5) is 14.6. The van der Waals surface area contributed by atoms with Gasteiger partial charge in [-0.3, -0.25) is 9.69 Å². The number of carboxylic acid groups (broad SMARTS) is 1. The highest BCUT2D eigenvalue weighted by atomic mass is 32.1. The molecule has 0 aliphatic carbocycles. The number of nitrogens with zero attached hydrogens (tertiary/aromatic N) is 1. The summed E-state index contributed by atoms with van der Waals surface area (Å²) in [5.74, 6) is -0.822. The van der Waals surface area contributed by atoms with Crippen LogP contribution in [0.3, 0.4) is 0 Å². The summed E-state index contributed by atoms with van der Waals surface area (Å²) in [6.07, 6.45) is 0. The first-order valence-corrected chi connectivity index (χ1v) is 7.02. The molecule has 0 radical (unpaired) electrons. The summed E-state index contributed by atoms with van der Waals surface area (Å²) in [5, 5.41) is 11.5. The minimum absolute atomic E-state index is 0.0707. The van der Waals surface area contributed by atoms with Gasteiger partial charge in [0.2, 0.25) is 0 Å². The number of rotatable bonds is 5.